The van der Waals surface area contributed by atoms with E-state index in [1.165, 1.54) is 0 Å². The Balaban J connectivity index is 1.89. The Morgan fingerprint density at radius 2 is 2.11 bits per heavy atom. The fraction of sp³-hybridized carbons (Fsp3) is 0.733. The van der Waals surface area contributed by atoms with Crippen molar-refractivity contribution in [3.8, 4) is 0 Å². The summed E-state index contributed by atoms with van der Waals surface area (Å²) < 4.78 is 11.6. The molecule has 0 aromatic carbocycles. The molecular formula is C15H25NO2S. The van der Waals surface area contributed by atoms with Gasteiger partial charge in [-0.3, -0.25) is 0 Å². The number of ether oxygens (including phenoxy) is 1. The van der Waals surface area contributed by atoms with E-state index in [1.54, 1.807) is 0 Å². The van der Waals surface area contributed by atoms with Crippen molar-refractivity contribution in [1.29, 1.82) is 0 Å². The van der Waals surface area contributed by atoms with Gasteiger partial charge in [-0.05, 0) is 38.2 Å². The number of thioether (sulfide) groups is 1. The summed E-state index contributed by atoms with van der Waals surface area (Å²) >= 11 is 1.97. The third kappa shape index (κ3) is 3.77. The van der Waals surface area contributed by atoms with E-state index in [1.807, 2.05) is 11.8 Å². The standard InChI is InChI=1S/C15H25NO2S/c1-4-13-5-6-14(18-13)12(2)16-11-15(19-3)7-9-17-10-8-15/h5-6,12,16H,4,7-11H2,1-3H3/t12-/m0/s1. The fourth-order valence-electron chi connectivity index (χ4n) is 2.45. The van der Waals surface area contributed by atoms with Crippen molar-refractivity contribution in [2.24, 2.45) is 0 Å². The minimum absolute atomic E-state index is 0.271. The topological polar surface area (TPSA) is 34.4 Å². The molecule has 2 rings (SSSR count). The van der Waals surface area contributed by atoms with Gasteiger partial charge in [0.15, 0.2) is 0 Å². The van der Waals surface area contributed by atoms with Crippen molar-refractivity contribution in [1.82, 2.24) is 5.32 Å². The van der Waals surface area contributed by atoms with E-state index < -0.39 is 0 Å². The molecule has 1 fully saturated rings. The Morgan fingerprint density at radius 1 is 1.37 bits per heavy atom. The van der Waals surface area contributed by atoms with Crippen LogP contribution in [-0.2, 0) is 11.2 Å². The first-order valence-electron chi connectivity index (χ1n) is 7.14. The highest BCUT2D eigenvalue weighted by Crippen LogP contribution is 2.33. The second-order valence-corrected chi connectivity index (χ2v) is 6.53. The van der Waals surface area contributed by atoms with Gasteiger partial charge >= 0.3 is 0 Å². The van der Waals surface area contributed by atoms with Crippen LogP contribution in [0.2, 0.25) is 0 Å². The van der Waals surface area contributed by atoms with Gasteiger partial charge in [-0.15, -0.1) is 0 Å². The molecule has 1 aromatic heterocycles. The molecule has 1 atom stereocenters. The molecule has 3 nitrogen and oxygen atoms in total. The van der Waals surface area contributed by atoms with Crippen LogP contribution in [0.3, 0.4) is 0 Å². The van der Waals surface area contributed by atoms with Crippen molar-refractivity contribution >= 4 is 11.8 Å². The van der Waals surface area contributed by atoms with Crippen LogP contribution >= 0.6 is 11.8 Å². The monoisotopic (exact) mass is 283 g/mol. The van der Waals surface area contributed by atoms with Crippen LogP contribution < -0.4 is 5.32 Å². The van der Waals surface area contributed by atoms with Gasteiger partial charge in [0, 0.05) is 30.9 Å². The zero-order valence-corrected chi connectivity index (χ0v) is 13.0. The van der Waals surface area contributed by atoms with Crippen LogP contribution in [-0.4, -0.2) is 30.8 Å². The zero-order chi connectivity index (χ0) is 13.7. The van der Waals surface area contributed by atoms with Gasteiger partial charge < -0.3 is 14.5 Å². The van der Waals surface area contributed by atoms with Gasteiger partial charge in [-0.1, -0.05) is 6.92 Å². The largest absolute Gasteiger partial charge is 0.464 e. The summed E-state index contributed by atoms with van der Waals surface area (Å²) in [7, 11) is 0. The minimum Gasteiger partial charge on any atom is -0.464 e. The smallest absolute Gasteiger partial charge is 0.120 e. The van der Waals surface area contributed by atoms with Crippen LogP contribution in [0.15, 0.2) is 16.5 Å². The lowest BCUT2D eigenvalue weighted by atomic mass is 9.98. The van der Waals surface area contributed by atoms with Crippen molar-refractivity contribution in [3.05, 3.63) is 23.7 Å². The number of nitrogens with one attached hydrogen (secondary N) is 1. The Labute approximate surface area is 120 Å². The summed E-state index contributed by atoms with van der Waals surface area (Å²) in [4.78, 5) is 0. The molecule has 1 N–H and O–H groups in total. The molecule has 0 aliphatic carbocycles. The average Bonchev–Trinajstić information content (AvgIpc) is 2.95. The van der Waals surface area contributed by atoms with Crippen LogP contribution in [0.1, 0.15) is 44.3 Å². The average molecular weight is 283 g/mol. The molecule has 0 amide bonds. The minimum atomic E-state index is 0.271. The second-order valence-electron chi connectivity index (χ2n) is 5.26. The van der Waals surface area contributed by atoms with Gasteiger partial charge in [0.1, 0.15) is 11.5 Å². The molecule has 19 heavy (non-hydrogen) atoms. The van der Waals surface area contributed by atoms with Crippen molar-refractivity contribution in [3.63, 3.8) is 0 Å². The third-order valence-corrected chi connectivity index (χ3v) is 5.44. The van der Waals surface area contributed by atoms with E-state index >= 15 is 0 Å². The molecule has 2 heterocycles. The van der Waals surface area contributed by atoms with Crippen molar-refractivity contribution in [2.45, 2.75) is 43.9 Å². The molecule has 0 radical (unpaired) electrons. The lowest BCUT2D eigenvalue weighted by Crippen LogP contribution is -2.43. The predicted molar refractivity (Wildman–Crippen MR) is 80.8 cm³/mol. The second kappa shape index (κ2) is 6.82. The Morgan fingerprint density at radius 3 is 2.68 bits per heavy atom. The molecule has 1 aromatic rings. The lowest BCUT2D eigenvalue weighted by Gasteiger charge is -2.36. The maximum atomic E-state index is 5.81. The van der Waals surface area contributed by atoms with E-state index in [4.69, 9.17) is 9.15 Å². The summed E-state index contributed by atoms with van der Waals surface area (Å²) in [6.07, 6.45) is 5.43. The zero-order valence-electron chi connectivity index (χ0n) is 12.2. The van der Waals surface area contributed by atoms with Gasteiger partial charge in [0.2, 0.25) is 0 Å². The van der Waals surface area contributed by atoms with E-state index in [-0.39, 0.29) is 6.04 Å². The van der Waals surface area contributed by atoms with E-state index in [0.29, 0.717) is 4.75 Å². The molecule has 1 saturated heterocycles. The molecule has 4 heteroatoms. The molecule has 0 unspecified atom stereocenters. The Bertz CT molecular complexity index is 385. The number of hydrogen-bond donors (Lipinski definition) is 1. The third-order valence-electron chi connectivity index (χ3n) is 4.03. The van der Waals surface area contributed by atoms with Gasteiger partial charge in [-0.2, -0.15) is 11.8 Å². The molecule has 0 saturated carbocycles. The molecule has 0 spiro atoms. The number of rotatable bonds is 6. The van der Waals surface area contributed by atoms with E-state index in [0.717, 1.165) is 50.5 Å². The first-order chi connectivity index (χ1) is 9.19. The summed E-state index contributed by atoms with van der Waals surface area (Å²) in [6, 6.07) is 4.44. The first kappa shape index (κ1) is 14.9. The summed E-state index contributed by atoms with van der Waals surface area (Å²) in [5, 5.41) is 3.63. The maximum Gasteiger partial charge on any atom is 0.120 e. The quantitative estimate of drug-likeness (QED) is 0.867. The fourth-order valence-corrected chi connectivity index (χ4v) is 3.26. The van der Waals surface area contributed by atoms with Gasteiger partial charge in [-0.25, -0.2) is 0 Å². The molecule has 1 aliphatic rings. The number of furan rings is 1. The van der Waals surface area contributed by atoms with Crippen LogP contribution in [0, 0.1) is 0 Å². The molecule has 1 aliphatic heterocycles. The van der Waals surface area contributed by atoms with Crippen LogP contribution in [0.5, 0.6) is 0 Å². The highest BCUT2D eigenvalue weighted by Gasteiger charge is 2.32. The molecule has 108 valence electrons. The highest BCUT2D eigenvalue weighted by atomic mass is 32.2. The number of hydrogen-bond acceptors (Lipinski definition) is 4. The Kier molecular flexibility index (Phi) is 5.37. The maximum absolute atomic E-state index is 5.81. The van der Waals surface area contributed by atoms with E-state index in [2.05, 4.69) is 37.6 Å². The summed E-state index contributed by atoms with van der Waals surface area (Å²) in [5.74, 6) is 2.11. The SMILES string of the molecule is CCc1ccc([C@H](C)NCC2(SC)CCOCC2)o1. The van der Waals surface area contributed by atoms with Crippen molar-refractivity contribution < 1.29 is 9.15 Å². The Hall–Kier alpha value is -0.450. The lowest BCUT2D eigenvalue weighted by molar-refractivity contribution is 0.0764. The predicted octanol–water partition coefficient (Wildman–Crippen LogP) is 3.40. The number of aryl methyl sites for hydroxylation is 1. The summed E-state index contributed by atoms with van der Waals surface area (Å²) in [6.45, 7) is 7.08. The summed E-state index contributed by atoms with van der Waals surface area (Å²) in [5.41, 5.74) is 0. The van der Waals surface area contributed by atoms with Crippen molar-refractivity contribution in [2.75, 3.05) is 26.0 Å². The van der Waals surface area contributed by atoms with Crippen LogP contribution in [0.4, 0.5) is 0 Å². The van der Waals surface area contributed by atoms with Gasteiger partial charge in [0.05, 0.1) is 6.04 Å². The van der Waals surface area contributed by atoms with Crippen LogP contribution in [0.25, 0.3) is 0 Å². The highest BCUT2D eigenvalue weighted by molar-refractivity contribution is 8.00. The van der Waals surface area contributed by atoms with Gasteiger partial charge in [0.25, 0.3) is 0 Å². The molecule has 0 bridgehead atoms. The first-order valence-corrected chi connectivity index (χ1v) is 8.36. The normalized spacial score (nSPS) is 20.4. The van der Waals surface area contributed by atoms with E-state index in [9.17, 15) is 0 Å². The molecular weight excluding hydrogens is 258 g/mol.